The van der Waals surface area contributed by atoms with E-state index in [1.807, 2.05) is 6.20 Å². The van der Waals surface area contributed by atoms with Crippen molar-refractivity contribution in [3.8, 4) is 11.4 Å². The Balaban J connectivity index is 2.24. The van der Waals surface area contributed by atoms with Crippen LogP contribution in [0, 0.1) is 6.92 Å². The molecule has 0 bridgehead atoms. The van der Waals surface area contributed by atoms with E-state index in [4.69, 9.17) is 0 Å². The van der Waals surface area contributed by atoms with Gasteiger partial charge in [0, 0.05) is 24.1 Å². The molecule has 17 heavy (non-hydrogen) atoms. The van der Waals surface area contributed by atoms with Crippen molar-refractivity contribution in [1.82, 2.24) is 9.55 Å². The molecule has 3 aromatic rings. The van der Waals surface area contributed by atoms with Crippen molar-refractivity contribution >= 4 is 10.9 Å². The fourth-order valence-electron chi connectivity index (χ4n) is 2.15. The van der Waals surface area contributed by atoms with Gasteiger partial charge < -0.3 is 4.57 Å². The highest BCUT2D eigenvalue weighted by Gasteiger charge is 2.07. The van der Waals surface area contributed by atoms with Gasteiger partial charge in [-0.15, -0.1) is 0 Å². The molecule has 1 aromatic carbocycles. The molecule has 84 valence electrons. The number of aromatic nitrogens is 2. The van der Waals surface area contributed by atoms with E-state index < -0.39 is 0 Å². The number of hydrogen-bond donors (Lipinski definition) is 0. The molecule has 0 unspecified atom stereocenters. The monoisotopic (exact) mass is 222 g/mol. The molecule has 2 aromatic heterocycles. The van der Waals surface area contributed by atoms with Crippen LogP contribution in [0.4, 0.5) is 0 Å². The van der Waals surface area contributed by atoms with Crippen molar-refractivity contribution in [2.24, 2.45) is 7.05 Å². The van der Waals surface area contributed by atoms with Gasteiger partial charge in [-0.05, 0) is 30.7 Å². The van der Waals surface area contributed by atoms with Gasteiger partial charge in [-0.3, -0.25) is 4.98 Å². The maximum atomic E-state index is 4.48. The Morgan fingerprint density at radius 2 is 1.88 bits per heavy atom. The molecule has 0 aliphatic rings. The van der Waals surface area contributed by atoms with Crippen LogP contribution in [0.3, 0.4) is 0 Å². The minimum atomic E-state index is 1.02. The minimum absolute atomic E-state index is 1.02. The zero-order chi connectivity index (χ0) is 11.8. The first-order valence-corrected chi connectivity index (χ1v) is 5.73. The fraction of sp³-hybridized carbons (Fsp3) is 0.133. The largest absolute Gasteiger partial charge is 0.342 e. The fourth-order valence-corrected chi connectivity index (χ4v) is 2.15. The van der Waals surface area contributed by atoms with Crippen molar-refractivity contribution in [3.05, 3.63) is 54.2 Å². The lowest BCUT2D eigenvalue weighted by Crippen LogP contribution is -1.93. The van der Waals surface area contributed by atoms with Crippen molar-refractivity contribution in [2.45, 2.75) is 6.92 Å². The molecule has 0 spiro atoms. The molecule has 0 saturated carbocycles. The molecule has 0 amide bonds. The summed E-state index contributed by atoms with van der Waals surface area (Å²) in [6.07, 6.45) is 1.91. The molecule has 0 aliphatic carbocycles. The molecule has 0 atom stereocenters. The second-order valence-electron chi connectivity index (χ2n) is 4.37. The normalized spacial score (nSPS) is 10.9. The Bertz CT molecular complexity index is 663. The van der Waals surface area contributed by atoms with Gasteiger partial charge in [-0.1, -0.05) is 24.3 Å². The second kappa shape index (κ2) is 3.74. The summed E-state index contributed by atoms with van der Waals surface area (Å²) in [5.41, 5.74) is 4.61. The molecule has 0 aliphatic heterocycles. The average molecular weight is 222 g/mol. The average Bonchev–Trinajstić information content (AvgIpc) is 2.69. The van der Waals surface area contributed by atoms with Crippen LogP contribution >= 0.6 is 0 Å². The second-order valence-corrected chi connectivity index (χ2v) is 4.37. The Hall–Kier alpha value is -2.09. The Morgan fingerprint density at radius 1 is 1.06 bits per heavy atom. The van der Waals surface area contributed by atoms with E-state index in [1.54, 1.807) is 0 Å². The minimum Gasteiger partial charge on any atom is -0.342 e. The molecule has 0 N–H and O–H groups in total. The van der Waals surface area contributed by atoms with E-state index in [-0.39, 0.29) is 0 Å². The van der Waals surface area contributed by atoms with Gasteiger partial charge in [0.25, 0.3) is 0 Å². The van der Waals surface area contributed by atoms with Gasteiger partial charge in [0.05, 0.1) is 11.4 Å². The van der Waals surface area contributed by atoms with Crippen LogP contribution in [-0.2, 0) is 7.05 Å². The molecule has 2 nitrogen and oxygen atoms in total. The smallest absolute Gasteiger partial charge is 0.0866 e. The first-order valence-electron chi connectivity index (χ1n) is 5.73. The SMILES string of the molecule is Cc1ccc(-c2cc3ccccc3n2C)nc1. The molecule has 0 fully saturated rings. The lowest BCUT2D eigenvalue weighted by atomic mass is 10.2. The van der Waals surface area contributed by atoms with Crippen LogP contribution in [0.25, 0.3) is 22.3 Å². The van der Waals surface area contributed by atoms with Crippen LogP contribution in [-0.4, -0.2) is 9.55 Å². The Labute approximate surface area is 101 Å². The molecule has 2 heterocycles. The summed E-state index contributed by atoms with van der Waals surface area (Å²) in [5.74, 6) is 0. The highest BCUT2D eigenvalue weighted by Crippen LogP contribution is 2.25. The lowest BCUT2D eigenvalue weighted by Gasteiger charge is -2.03. The number of benzene rings is 1. The molecule has 0 saturated heterocycles. The van der Waals surface area contributed by atoms with Crippen LogP contribution < -0.4 is 0 Å². The zero-order valence-electron chi connectivity index (χ0n) is 10.0. The summed E-state index contributed by atoms with van der Waals surface area (Å²) in [5, 5.41) is 1.26. The first kappa shape index (κ1) is 10.1. The Morgan fingerprint density at radius 3 is 2.59 bits per heavy atom. The van der Waals surface area contributed by atoms with E-state index in [2.05, 4.69) is 66.0 Å². The van der Waals surface area contributed by atoms with Gasteiger partial charge in [-0.25, -0.2) is 0 Å². The molecule has 2 heteroatoms. The third-order valence-electron chi connectivity index (χ3n) is 3.13. The number of nitrogens with zero attached hydrogens (tertiary/aromatic N) is 2. The van der Waals surface area contributed by atoms with E-state index in [9.17, 15) is 0 Å². The van der Waals surface area contributed by atoms with Crippen LogP contribution in [0.2, 0.25) is 0 Å². The summed E-state index contributed by atoms with van der Waals surface area (Å²) in [4.78, 5) is 4.48. The predicted octanol–water partition coefficient (Wildman–Crippen LogP) is 3.55. The Kier molecular flexibility index (Phi) is 2.22. The molecule has 0 radical (unpaired) electrons. The van der Waals surface area contributed by atoms with E-state index in [1.165, 1.54) is 16.5 Å². The molecule has 3 rings (SSSR count). The van der Waals surface area contributed by atoms with Crippen molar-refractivity contribution in [2.75, 3.05) is 0 Å². The van der Waals surface area contributed by atoms with Gasteiger partial charge in [0.15, 0.2) is 0 Å². The van der Waals surface area contributed by atoms with Crippen LogP contribution in [0.5, 0.6) is 0 Å². The summed E-state index contributed by atoms with van der Waals surface area (Å²) in [7, 11) is 2.08. The van der Waals surface area contributed by atoms with Gasteiger partial charge >= 0.3 is 0 Å². The maximum absolute atomic E-state index is 4.48. The lowest BCUT2D eigenvalue weighted by molar-refractivity contribution is 0.970. The highest BCUT2D eigenvalue weighted by atomic mass is 15.0. The highest BCUT2D eigenvalue weighted by molar-refractivity contribution is 5.86. The predicted molar refractivity (Wildman–Crippen MR) is 70.9 cm³/mol. The standard InChI is InChI=1S/C15H14N2/c1-11-7-8-13(16-10-11)15-9-12-5-3-4-6-14(12)17(15)2/h3-10H,1-2H3. The topological polar surface area (TPSA) is 17.8 Å². The first-order chi connectivity index (χ1) is 8.25. The number of aryl methyl sites for hydroxylation is 2. The van der Waals surface area contributed by atoms with E-state index in [0.29, 0.717) is 0 Å². The maximum Gasteiger partial charge on any atom is 0.0866 e. The van der Waals surface area contributed by atoms with E-state index >= 15 is 0 Å². The van der Waals surface area contributed by atoms with Crippen LogP contribution in [0.15, 0.2) is 48.7 Å². The quantitative estimate of drug-likeness (QED) is 0.615. The van der Waals surface area contributed by atoms with Gasteiger partial charge in [0.2, 0.25) is 0 Å². The van der Waals surface area contributed by atoms with Gasteiger partial charge in [0.1, 0.15) is 0 Å². The van der Waals surface area contributed by atoms with Crippen LogP contribution in [0.1, 0.15) is 5.56 Å². The number of fused-ring (bicyclic) bond motifs is 1. The third-order valence-corrected chi connectivity index (χ3v) is 3.13. The van der Waals surface area contributed by atoms with Crippen molar-refractivity contribution < 1.29 is 0 Å². The zero-order valence-corrected chi connectivity index (χ0v) is 10.0. The number of pyridine rings is 1. The van der Waals surface area contributed by atoms with E-state index in [0.717, 1.165) is 11.4 Å². The van der Waals surface area contributed by atoms with Crippen molar-refractivity contribution in [3.63, 3.8) is 0 Å². The third kappa shape index (κ3) is 1.62. The van der Waals surface area contributed by atoms with Gasteiger partial charge in [-0.2, -0.15) is 0 Å². The molecular formula is C15H14N2. The summed E-state index contributed by atoms with van der Waals surface area (Å²) in [6, 6.07) is 14.7. The van der Waals surface area contributed by atoms with Crippen molar-refractivity contribution in [1.29, 1.82) is 0 Å². The number of hydrogen-bond acceptors (Lipinski definition) is 1. The summed E-state index contributed by atoms with van der Waals surface area (Å²) < 4.78 is 2.19. The number of para-hydroxylation sites is 1. The number of rotatable bonds is 1. The summed E-state index contributed by atoms with van der Waals surface area (Å²) in [6.45, 7) is 2.05. The summed E-state index contributed by atoms with van der Waals surface area (Å²) >= 11 is 0. The molecular weight excluding hydrogens is 208 g/mol.